The molecule has 0 bridgehead atoms. The van der Waals surface area contributed by atoms with Gasteiger partial charge in [-0.15, -0.1) is 11.3 Å². The lowest BCUT2D eigenvalue weighted by Crippen LogP contribution is -2.47. The minimum absolute atomic E-state index is 0.0713. The van der Waals surface area contributed by atoms with Gasteiger partial charge in [0.1, 0.15) is 11.6 Å². The third-order valence-electron chi connectivity index (χ3n) is 4.82. The average molecular weight is 389 g/mol. The van der Waals surface area contributed by atoms with Crippen LogP contribution in [0.1, 0.15) is 54.9 Å². The molecule has 7 nitrogen and oxygen atoms in total. The average Bonchev–Trinajstić information content (AvgIpc) is 3.05. The molecule has 2 aromatic heterocycles. The van der Waals surface area contributed by atoms with Crippen LogP contribution in [0.15, 0.2) is 12.3 Å². The molecule has 3 heterocycles. The molecule has 0 saturated carbocycles. The summed E-state index contributed by atoms with van der Waals surface area (Å²) in [6, 6.07) is 1.56. The van der Waals surface area contributed by atoms with E-state index in [9.17, 15) is 4.79 Å². The largest absolute Gasteiger partial charge is 0.341 e. The molecule has 1 amide bonds. The number of anilines is 2. The second-order valence-corrected chi connectivity index (χ2v) is 8.38. The van der Waals surface area contributed by atoms with Crippen LogP contribution in [-0.4, -0.2) is 44.9 Å². The maximum absolute atomic E-state index is 12.4. The Morgan fingerprint density at radius 3 is 2.74 bits per heavy atom. The highest BCUT2D eigenvalue weighted by molar-refractivity contribution is 7.15. The first-order valence-corrected chi connectivity index (χ1v) is 10.4. The number of hydrogen-bond donors (Lipinski definition) is 2. The summed E-state index contributed by atoms with van der Waals surface area (Å²) in [5, 5.41) is 4.11. The Kier molecular flexibility index (Phi) is 6.38. The van der Waals surface area contributed by atoms with Crippen molar-refractivity contribution in [3.8, 4) is 0 Å². The topological polar surface area (TPSA) is 97.0 Å². The zero-order chi connectivity index (χ0) is 19.4. The molecule has 2 aromatic rings. The number of amides is 1. The van der Waals surface area contributed by atoms with Crippen LogP contribution in [0.2, 0.25) is 0 Å². The predicted molar refractivity (Wildman–Crippen MR) is 108 cm³/mol. The van der Waals surface area contributed by atoms with E-state index in [1.54, 1.807) is 11.3 Å². The van der Waals surface area contributed by atoms with Crippen molar-refractivity contribution in [2.75, 3.05) is 18.4 Å². The van der Waals surface area contributed by atoms with E-state index in [4.69, 9.17) is 10.7 Å². The van der Waals surface area contributed by atoms with Gasteiger partial charge in [0.05, 0.1) is 6.04 Å². The molecular weight excluding hydrogens is 360 g/mol. The van der Waals surface area contributed by atoms with E-state index in [1.807, 2.05) is 37.9 Å². The number of thiazole rings is 1. The number of nitrogens with one attached hydrogen (secondary N) is 1. The lowest BCUT2D eigenvalue weighted by atomic mass is 9.95. The Bertz CT molecular complexity index is 784. The number of hydrogen-bond acceptors (Lipinski definition) is 7. The third kappa shape index (κ3) is 5.01. The fourth-order valence-corrected chi connectivity index (χ4v) is 4.06. The van der Waals surface area contributed by atoms with Crippen molar-refractivity contribution in [2.24, 2.45) is 5.73 Å². The predicted octanol–water partition coefficient (Wildman–Crippen LogP) is 3.13. The normalized spacial score (nSPS) is 16.4. The molecule has 0 aromatic carbocycles. The summed E-state index contributed by atoms with van der Waals surface area (Å²) >= 11 is 1.60. The molecule has 3 N–H and O–H groups in total. The maximum atomic E-state index is 12.4. The van der Waals surface area contributed by atoms with Crippen molar-refractivity contribution in [3.05, 3.63) is 28.7 Å². The van der Waals surface area contributed by atoms with E-state index in [0.29, 0.717) is 13.1 Å². The Morgan fingerprint density at radius 1 is 1.37 bits per heavy atom. The van der Waals surface area contributed by atoms with E-state index < -0.39 is 0 Å². The lowest BCUT2D eigenvalue weighted by molar-refractivity contribution is -0.133. The van der Waals surface area contributed by atoms with Crippen molar-refractivity contribution in [3.63, 3.8) is 0 Å². The van der Waals surface area contributed by atoms with E-state index in [-0.39, 0.29) is 17.9 Å². The van der Waals surface area contributed by atoms with Crippen LogP contribution in [0, 0.1) is 13.8 Å². The van der Waals surface area contributed by atoms with Gasteiger partial charge in [0.25, 0.3) is 0 Å². The van der Waals surface area contributed by atoms with Crippen LogP contribution in [0.5, 0.6) is 0 Å². The number of piperidine rings is 1. The molecule has 1 aliphatic rings. The van der Waals surface area contributed by atoms with Crippen LogP contribution >= 0.6 is 11.3 Å². The summed E-state index contributed by atoms with van der Waals surface area (Å²) in [6.45, 7) is 7.49. The minimum Gasteiger partial charge on any atom is -0.341 e. The van der Waals surface area contributed by atoms with Crippen molar-refractivity contribution >= 4 is 28.2 Å². The van der Waals surface area contributed by atoms with E-state index >= 15 is 0 Å². The quantitative estimate of drug-likeness (QED) is 0.789. The first-order chi connectivity index (χ1) is 13.0. The molecule has 3 rings (SSSR count). The Hall–Kier alpha value is -2.06. The fraction of sp³-hybridized carbons (Fsp3) is 0.579. The number of rotatable bonds is 6. The number of carbonyl (C=O) groups excluding carboxylic acids is 1. The summed E-state index contributed by atoms with van der Waals surface area (Å²) < 4.78 is 0. The highest BCUT2D eigenvalue weighted by Crippen LogP contribution is 2.28. The van der Waals surface area contributed by atoms with Gasteiger partial charge >= 0.3 is 0 Å². The van der Waals surface area contributed by atoms with Gasteiger partial charge in [0.15, 0.2) is 5.13 Å². The molecule has 1 saturated heterocycles. The van der Waals surface area contributed by atoms with Gasteiger partial charge in [-0.1, -0.05) is 13.3 Å². The molecule has 0 spiro atoms. The summed E-state index contributed by atoms with van der Waals surface area (Å²) in [5.74, 6) is 1.95. The second kappa shape index (κ2) is 8.75. The minimum atomic E-state index is -0.376. The van der Waals surface area contributed by atoms with Gasteiger partial charge in [-0.25, -0.2) is 15.0 Å². The number of aromatic nitrogens is 3. The Labute approximate surface area is 164 Å². The number of carbonyl (C=O) groups is 1. The number of nitrogens with two attached hydrogens (primary N) is 1. The molecule has 8 heteroatoms. The number of aryl methyl sites for hydroxylation is 2. The first kappa shape index (κ1) is 19.7. The fourth-order valence-electron chi connectivity index (χ4n) is 3.39. The number of nitrogens with zero attached hydrogens (tertiary/aromatic N) is 4. The molecular formula is C19H28N6OS. The summed E-state index contributed by atoms with van der Waals surface area (Å²) in [7, 11) is 0. The highest BCUT2D eigenvalue weighted by Gasteiger charge is 2.28. The molecule has 1 aliphatic heterocycles. The molecule has 0 unspecified atom stereocenters. The molecule has 146 valence electrons. The monoisotopic (exact) mass is 388 g/mol. The van der Waals surface area contributed by atoms with E-state index in [0.717, 1.165) is 53.0 Å². The second-order valence-electron chi connectivity index (χ2n) is 7.15. The van der Waals surface area contributed by atoms with Gasteiger partial charge in [-0.3, -0.25) is 4.79 Å². The zero-order valence-electron chi connectivity index (χ0n) is 16.2. The summed E-state index contributed by atoms with van der Waals surface area (Å²) in [5.41, 5.74) is 6.92. The third-order valence-corrected chi connectivity index (χ3v) is 5.64. The summed E-state index contributed by atoms with van der Waals surface area (Å²) in [6.07, 6.45) is 5.24. The van der Waals surface area contributed by atoms with Crippen LogP contribution < -0.4 is 11.1 Å². The first-order valence-electron chi connectivity index (χ1n) is 9.55. The van der Waals surface area contributed by atoms with Crippen LogP contribution in [0.3, 0.4) is 0 Å². The van der Waals surface area contributed by atoms with Gasteiger partial charge in [-0.05, 0) is 33.1 Å². The molecule has 27 heavy (non-hydrogen) atoms. The molecule has 1 fully saturated rings. The van der Waals surface area contributed by atoms with Gasteiger partial charge in [0, 0.05) is 41.8 Å². The number of likely N-dealkylation sites (tertiary alicyclic amines) is 1. The highest BCUT2D eigenvalue weighted by atomic mass is 32.1. The molecule has 1 atom stereocenters. The van der Waals surface area contributed by atoms with E-state index in [2.05, 4.69) is 15.3 Å². The van der Waals surface area contributed by atoms with Crippen molar-refractivity contribution in [2.45, 2.75) is 58.4 Å². The van der Waals surface area contributed by atoms with Gasteiger partial charge < -0.3 is 16.0 Å². The molecule has 0 aliphatic carbocycles. The van der Waals surface area contributed by atoms with Crippen LogP contribution in [0.25, 0.3) is 0 Å². The van der Waals surface area contributed by atoms with Crippen molar-refractivity contribution in [1.29, 1.82) is 0 Å². The van der Waals surface area contributed by atoms with Crippen LogP contribution in [0.4, 0.5) is 10.9 Å². The van der Waals surface area contributed by atoms with E-state index in [1.165, 1.54) is 0 Å². The Morgan fingerprint density at radius 2 is 2.11 bits per heavy atom. The molecule has 0 radical (unpaired) electrons. The van der Waals surface area contributed by atoms with Crippen molar-refractivity contribution in [1.82, 2.24) is 19.9 Å². The van der Waals surface area contributed by atoms with Gasteiger partial charge in [-0.2, -0.15) is 0 Å². The smallest absolute Gasteiger partial charge is 0.239 e. The van der Waals surface area contributed by atoms with Crippen molar-refractivity contribution < 1.29 is 4.79 Å². The standard InChI is InChI=1S/C19H28N6OS/c1-4-5-15(20)18(26)25-8-6-14(7-9-25)17-22-12(2)10-16(23-17)24-19-21-11-13(3)27-19/h10-11,14-15H,4-9,20H2,1-3H3,(H,21,22,23,24)/t15-/m1/s1. The lowest BCUT2D eigenvalue weighted by Gasteiger charge is -2.33. The maximum Gasteiger partial charge on any atom is 0.239 e. The summed E-state index contributed by atoms with van der Waals surface area (Å²) in [4.78, 5) is 29.1. The van der Waals surface area contributed by atoms with Crippen LogP contribution in [-0.2, 0) is 4.79 Å². The SMILES string of the molecule is CCC[C@@H](N)C(=O)N1CCC(c2nc(C)cc(Nc3ncc(C)s3)n2)CC1. The van der Waals surface area contributed by atoms with Gasteiger partial charge in [0.2, 0.25) is 5.91 Å². The zero-order valence-corrected chi connectivity index (χ0v) is 17.1. The Balaban J connectivity index is 1.64.